The van der Waals surface area contributed by atoms with Crippen LogP contribution in [-0.4, -0.2) is 33.3 Å². The van der Waals surface area contributed by atoms with Crippen LogP contribution in [0.5, 0.6) is 0 Å². The first-order chi connectivity index (χ1) is 16.2. The summed E-state index contributed by atoms with van der Waals surface area (Å²) in [6, 6.07) is 18.3. The summed E-state index contributed by atoms with van der Waals surface area (Å²) < 4.78 is 0. The van der Waals surface area contributed by atoms with Crippen LogP contribution in [0, 0.1) is 11.8 Å². The molecule has 3 rings (SSSR count). The van der Waals surface area contributed by atoms with Crippen molar-refractivity contribution >= 4 is 17.5 Å². The minimum Gasteiger partial charge on any atom is -0.399 e. The number of rotatable bonds is 6. The minimum absolute atomic E-state index is 0.180. The van der Waals surface area contributed by atoms with Crippen LogP contribution in [0.1, 0.15) is 39.5 Å². The summed E-state index contributed by atoms with van der Waals surface area (Å²) in [6.45, 7) is 1.16. The van der Waals surface area contributed by atoms with Crippen LogP contribution in [0.3, 0.4) is 0 Å². The molecule has 8 heteroatoms. The van der Waals surface area contributed by atoms with Crippen molar-refractivity contribution in [3.8, 4) is 11.8 Å². The third-order valence-corrected chi connectivity index (χ3v) is 5.34. The van der Waals surface area contributed by atoms with Gasteiger partial charge in [0.15, 0.2) is 0 Å². The smallest absolute Gasteiger partial charge is 0.269 e. The number of nitrogens with one attached hydrogen (secondary N) is 2. The molecule has 0 bridgehead atoms. The Morgan fingerprint density at radius 1 is 0.941 bits per heavy atom. The quantitative estimate of drug-likeness (QED) is 0.143. The largest absolute Gasteiger partial charge is 0.399 e. The maximum absolute atomic E-state index is 12.8. The molecule has 0 fully saturated rings. The number of hydrogen-bond acceptors (Lipinski definition) is 6. The van der Waals surface area contributed by atoms with Gasteiger partial charge in [0.1, 0.15) is 11.6 Å². The van der Waals surface area contributed by atoms with E-state index >= 15 is 0 Å². The van der Waals surface area contributed by atoms with E-state index in [2.05, 4.69) is 17.2 Å². The predicted octanol–water partition coefficient (Wildman–Crippen LogP) is 1.67. The van der Waals surface area contributed by atoms with Gasteiger partial charge in [-0.15, -0.1) is 0 Å². The monoisotopic (exact) mass is 459 g/mol. The molecule has 0 aliphatic heterocycles. The Balaban J connectivity index is 1.77. The highest BCUT2D eigenvalue weighted by Gasteiger charge is 2.40. The van der Waals surface area contributed by atoms with Gasteiger partial charge in [-0.2, -0.15) is 0 Å². The summed E-state index contributed by atoms with van der Waals surface area (Å²) in [7, 11) is 0. The third-order valence-electron chi connectivity index (χ3n) is 5.34. The zero-order valence-electron chi connectivity index (χ0n) is 18.4. The fraction of sp³-hybridized carbons (Fsp3) is 0.154. The molecular weight excluding hydrogens is 434 g/mol. The minimum atomic E-state index is -1.86. The number of aliphatic hydroxyl groups excluding tert-OH is 1. The number of benzene rings is 3. The van der Waals surface area contributed by atoms with Gasteiger partial charge in [0, 0.05) is 22.4 Å². The SMILES string of the molecule is CC(O)(c1ccc(CO)cc1)[C@H](NC(=O)c1ccc(C#Cc2ccc(N)cc2)cc1)C(=O)NO. The molecule has 8 nitrogen and oxygen atoms in total. The van der Waals surface area contributed by atoms with Gasteiger partial charge in [0.05, 0.1) is 6.61 Å². The highest BCUT2D eigenvalue weighted by Crippen LogP contribution is 2.26. The molecule has 0 heterocycles. The molecule has 0 aliphatic carbocycles. The molecule has 0 aliphatic rings. The van der Waals surface area contributed by atoms with Gasteiger partial charge in [0.25, 0.3) is 11.8 Å². The number of carbonyl (C=O) groups excluding carboxylic acids is 2. The van der Waals surface area contributed by atoms with Gasteiger partial charge < -0.3 is 21.3 Å². The number of amides is 2. The Hall–Kier alpha value is -4.16. The molecule has 3 aromatic carbocycles. The lowest BCUT2D eigenvalue weighted by molar-refractivity contribution is -0.138. The Bertz CT molecular complexity index is 1210. The molecule has 0 saturated heterocycles. The van der Waals surface area contributed by atoms with E-state index < -0.39 is 23.5 Å². The predicted molar refractivity (Wildman–Crippen MR) is 126 cm³/mol. The number of nitrogen functional groups attached to an aromatic ring is 1. The van der Waals surface area contributed by atoms with E-state index in [1.165, 1.54) is 24.5 Å². The summed E-state index contributed by atoms with van der Waals surface area (Å²) >= 11 is 0. The summed E-state index contributed by atoms with van der Waals surface area (Å²) in [4.78, 5) is 25.1. The molecule has 0 saturated carbocycles. The number of anilines is 1. The standard InChI is InChI=1S/C26H25N3O5/c1-26(33,21-12-6-19(16-30)7-13-21)23(25(32)29-34)28-24(31)20-10-4-17(5-11-20)2-3-18-8-14-22(27)15-9-18/h4-15,23,30,33-34H,16,27H2,1H3,(H,28,31)(H,29,32)/t23-,26?/m1/s1. The van der Waals surface area contributed by atoms with Crippen molar-refractivity contribution in [3.63, 3.8) is 0 Å². The van der Waals surface area contributed by atoms with Gasteiger partial charge in [-0.3, -0.25) is 14.8 Å². The molecule has 7 N–H and O–H groups in total. The van der Waals surface area contributed by atoms with Crippen LogP contribution < -0.4 is 16.5 Å². The first kappa shape index (κ1) is 24.5. The average molecular weight is 460 g/mol. The molecule has 2 amide bonds. The average Bonchev–Trinajstić information content (AvgIpc) is 2.86. The molecule has 174 valence electrons. The van der Waals surface area contributed by atoms with Gasteiger partial charge in [-0.25, -0.2) is 5.48 Å². The maximum atomic E-state index is 12.8. The molecule has 34 heavy (non-hydrogen) atoms. The topological polar surface area (TPSA) is 145 Å². The van der Waals surface area contributed by atoms with Crippen molar-refractivity contribution in [1.29, 1.82) is 0 Å². The fourth-order valence-electron chi connectivity index (χ4n) is 3.27. The Labute approximate surface area is 197 Å². The second-order valence-electron chi connectivity index (χ2n) is 7.83. The van der Waals surface area contributed by atoms with Crippen LogP contribution in [-0.2, 0) is 17.0 Å². The normalized spacial score (nSPS) is 13.1. The van der Waals surface area contributed by atoms with Crippen molar-refractivity contribution in [3.05, 3.63) is 101 Å². The van der Waals surface area contributed by atoms with Crippen LogP contribution in [0.2, 0.25) is 0 Å². The zero-order chi connectivity index (χ0) is 24.7. The van der Waals surface area contributed by atoms with Crippen LogP contribution in [0.25, 0.3) is 0 Å². The van der Waals surface area contributed by atoms with E-state index in [0.29, 0.717) is 22.4 Å². The fourth-order valence-corrected chi connectivity index (χ4v) is 3.27. The lowest BCUT2D eigenvalue weighted by atomic mass is 9.87. The highest BCUT2D eigenvalue weighted by atomic mass is 16.5. The summed E-state index contributed by atoms with van der Waals surface area (Å²) in [6.07, 6.45) is 0. The maximum Gasteiger partial charge on any atom is 0.269 e. The summed E-state index contributed by atoms with van der Waals surface area (Å²) in [5.41, 5.74) is 8.57. The van der Waals surface area contributed by atoms with Crippen molar-refractivity contribution < 1.29 is 25.0 Å². The second-order valence-corrected chi connectivity index (χ2v) is 7.83. The van der Waals surface area contributed by atoms with E-state index in [-0.39, 0.29) is 12.2 Å². The lowest BCUT2D eigenvalue weighted by Crippen LogP contribution is -2.57. The number of hydroxylamine groups is 1. The molecule has 3 aromatic rings. The van der Waals surface area contributed by atoms with Crippen LogP contribution in [0.15, 0.2) is 72.8 Å². The number of nitrogens with two attached hydrogens (primary N) is 1. The van der Waals surface area contributed by atoms with Crippen molar-refractivity contribution in [2.24, 2.45) is 0 Å². The lowest BCUT2D eigenvalue weighted by Gasteiger charge is -2.32. The van der Waals surface area contributed by atoms with Crippen molar-refractivity contribution in [2.75, 3.05) is 5.73 Å². The number of carbonyl (C=O) groups is 2. The molecule has 2 atom stereocenters. The van der Waals surface area contributed by atoms with E-state index in [1.807, 2.05) is 0 Å². The number of aliphatic hydroxyl groups is 2. The van der Waals surface area contributed by atoms with E-state index in [1.54, 1.807) is 60.7 Å². The molecule has 0 radical (unpaired) electrons. The Morgan fingerprint density at radius 3 is 1.97 bits per heavy atom. The van der Waals surface area contributed by atoms with E-state index in [0.717, 1.165) is 5.56 Å². The Kier molecular flexibility index (Phi) is 7.66. The van der Waals surface area contributed by atoms with Gasteiger partial charge in [-0.05, 0) is 66.6 Å². The van der Waals surface area contributed by atoms with Crippen molar-refractivity contribution in [1.82, 2.24) is 10.8 Å². The Morgan fingerprint density at radius 2 is 1.47 bits per heavy atom. The van der Waals surface area contributed by atoms with E-state index in [4.69, 9.17) is 10.9 Å². The second kappa shape index (κ2) is 10.6. The van der Waals surface area contributed by atoms with Gasteiger partial charge in [0.2, 0.25) is 0 Å². The highest BCUT2D eigenvalue weighted by molar-refractivity contribution is 5.98. The first-order valence-electron chi connectivity index (χ1n) is 10.4. The molecular formula is C26H25N3O5. The molecule has 1 unspecified atom stereocenters. The number of hydrogen-bond donors (Lipinski definition) is 6. The van der Waals surface area contributed by atoms with Crippen LogP contribution >= 0.6 is 0 Å². The summed E-state index contributed by atoms with van der Waals surface area (Å²) in [5.74, 6) is 4.38. The third kappa shape index (κ3) is 5.79. The van der Waals surface area contributed by atoms with Gasteiger partial charge >= 0.3 is 0 Å². The van der Waals surface area contributed by atoms with E-state index in [9.17, 15) is 19.8 Å². The molecule has 0 aromatic heterocycles. The molecule has 0 spiro atoms. The zero-order valence-corrected chi connectivity index (χ0v) is 18.4. The van der Waals surface area contributed by atoms with Crippen molar-refractivity contribution in [2.45, 2.75) is 25.2 Å². The van der Waals surface area contributed by atoms with Gasteiger partial charge in [-0.1, -0.05) is 36.1 Å². The first-order valence-corrected chi connectivity index (χ1v) is 10.4. The van der Waals surface area contributed by atoms with Crippen LogP contribution in [0.4, 0.5) is 5.69 Å². The summed E-state index contributed by atoms with van der Waals surface area (Å²) in [5, 5.41) is 31.9.